The van der Waals surface area contributed by atoms with Gasteiger partial charge in [0.1, 0.15) is 10.6 Å². The van der Waals surface area contributed by atoms with E-state index in [1.165, 1.54) is 23.3 Å². The van der Waals surface area contributed by atoms with Crippen LogP contribution in [0.1, 0.15) is 55.9 Å². The number of hydrogen-bond donors (Lipinski definition) is 2. The van der Waals surface area contributed by atoms with Crippen LogP contribution in [-0.4, -0.2) is 44.1 Å². The maximum atomic E-state index is 12.3. The monoisotopic (exact) mass is 385 g/mol. The summed E-state index contributed by atoms with van der Waals surface area (Å²) in [7, 11) is -2.23. The maximum Gasteiger partial charge on any atom is 0.354 e. The maximum absolute atomic E-state index is 12.3. The lowest BCUT2D eigenvalue weighted by atomic mass is 9.95. The zero-order valence-corrected chi connectivity index (χ0v) is 16.1. The summed E-state index contributed by atoms with van der Waals surface area (Å²) in [6, 6.07) is 1.47. The van der Waals surface area contributed by atoms with Crippen molar-refractivity contribution in [3.8, 4) is 0 Å². The first-order chi connectivity index (χ1) is 12.3. The normalized spacial score (nSPS) is 15.6. The van der Waals surface area contributed by atoms with Crippen molar-refractivity contribution in [1.82, 2.24) is 14.6 Å². The van der Waals surface area contributed by atoms with E-state index in [1.54, 1.807) is 14.0 Å². The average Bonchev–Trinajstić information content (AvgIpc) is 2.98. The second-order valence-corrected chi connectivity index (χ2v) is 8.21. The van der Waals surface area contributed by atoms with Gasteiger partial charge in [-0.05, 0) is 25.8 Å². The van der Waals surface area contributed by atoms with Crippen molar-refractivity contribution in [3.05, 3.63) is 18.0 Å². The van der Waals surface area contributed by atoms with E-state index in [2.05, 4.69) is 10.0 Å². The Morgan fingerprint density at radius 3 is 2.62 bits per heavy atom. The van der Waals surface area contributed by atoms with Gasteiger partial charge in [-0.2, -0.15) is 0 Å². The van der Waals surface area contributed by atoms with Crippen LogP contribution in [0.3, 0.4) is 0 Å². The van der Waals surface area contributed by atoms with Gasteiger partial charge in [-0.25, -0.2) is 17.9 Å². The Morgan fingerprint density at radius 1 is 1.27 bits per heavy atom. The summed E-state index contributed by atoms with van der Waals surface area (Å²) in [5, 5.41) is 2.95. The number of ether oxygens (including phenoxy) is 1. The molecule has 2 rings (SSSR count). The lowest BCUT2D eigenvalue weighted by molar-refractivity contribution is -0.121. The Hall–Kier alpha value is -1.87. The van der Waals surface area contributed by atoms with E-state index in [0.717, 1.165) is 25.7 Å². The molecule has 9 heteroatoms. The van der Waals surface area contributed by atoms with Crippen molar-refractivity contribution in [3.63, 3.8) is 0 Å². The van der Waals surface area contributed by atoms with Crippen LogP contribution >= 0.6 is 0 Å². The molecular formula is C17H27N3O5S. The zero-order valence-electron chi connectivity index (χ0n) is 15.3. The van der Waals surface area contributed by atoms with Gasteiger partial charge >= 0.3 is 5.97 Å². The summed E-state index contributed by atoms with van der Waals surface area (Å²) >= 11 is 0. The molecule has 0 atom stereocenters. The van der Waals surface area contributed by atoms with Crippen LogP contribution in [0.25, 0.3) is 0 Å². The van der Waals surface area contributed by atoms with Gasteiger partial charge in [0.15, 0.2) is 0 Å². The van der Waals surface area contributed by atoms with Gasteiger partial charge in [0.25, 0.3) is 0 Å². The molecule has 26 heavy (non-hydrogen) atoms. The highest BCUT2D eigenvalue weighted by atomic mass is 32.2. The van der Waals surface area contributed by atoms with Gasteiger partial charge in [-0.15, -0.1) is 0 Å². The SMILES string of the molecule is CCOC(=O)c1cc(S(=O)(=O)NCCC(=O)NC2CCCCC2)cn1C. The number of aryl methyl sites for hydroxylation is 1. The third-order valence-electron chi connectivity index (χ3n) is 4.39. The molecular weight excluding hydrogens is 358 g/mol. The predicted molar refractivity (Wildman–Crippen MR) is 96.2 cm³/mol. The first-order valence-corrected chi connectivity index (χ1v) is 10.4. The number of aromatic nitrogens is 1. The molecule has 8 nitrogen and oxygen atoms in total. The molecule has 0 aromatic carbocycles. The van der Waals surface area contributed by atoms with Crippen LogP contribution < -0.4 is 10.0 Å². The number of hydrogen-bond acceptors (Lipinski definition) is 5. The minimum atomic E-state index is -3.80. The molecule has 146 valence electrons. The number of rotatable bonds is 8. The highest BCUT2D eigenvalue weighted by Crippen LogP contribution is 2.17. The van der Waals surface area contributed by atoms with Gasteiger partial charge in [0.2, 0.25) is 15.9 Å². The van der Waals surface area contributed by atoms with Crippen molar-refractivity contribution < 1.29 is 22.7 Å². The highest BCUT2D eigenvalue weighted by molar-refractivity contribution is 7.89. The van der Waals surface area contributed by atoms with Crippen LogP contribution in [-0.2, 0) is 26.6 Å². The molecule has 1 aliphatic rings. The summed E-state index contributed by atoms with van der Waals surface area (Å²) in [6.07, 6.45) is 6.83. The summed E-state index contributed by atoms with van der Waals surface area (Å²) in [4.78, 5) is 23.7. The Bertz CT molecular complexity index is 736. The van der Waals surface area contributed by atoms with Crippen molar-refractivity contribution in [2.24, 2.45) is 7.05 Å². The van der Waals surface area contributed by atoms with Gasteiger partial charge < -0.3 is 14.6 Å². The minimum Gasteiger partial charge on any atom is -0.461 e. The molecule has 1 heterocycles. The van der Waals surface area contributed by atoms with Crippen molar-refractivity contribution >= 4 is 21.9 Å². The van der Waals surface area contributed by atoms with Gasteiger partial charge in [0, 0.05) is 32.3 Å². The molecule has 1 saturated carbocycles. The van der Waals surface area contributed by atoms with E-state index in [0.29, 0.717) is 0 Å². The van der Waals surface area contributed by atoms with E-state index in [1.807, 2.05) is 0 Å². The van der Waals surface area contributed by atoms with E-state index >= 15 is 0 Å². The zero-order chi connectivity index (χ0) is 19.2. The second-order valence-electron chi connectivity index (χ2n) is 6.44. The van der Waals surface area contributed by atoms with Crippen molar-refractivity contribution in [2.75, 3.05) is 13.2 Å². The molecule has 0 bridgehead atoms. The highest BCUT2D eigenvalue weighted by Gasteiger charge is 2.21. The third-order valence-corrected chi connectivity index (χ3v) is 5.82. The van der Waals surface area contributed by atoms with Crippen molar-refractivity contribution in [2.45, 2.75) is 56.4 Å². The average molecular weight is 385 g/mol. The molecule has 1 aromatic heterocycles. The summed E-state index contributed by atoms with van der Waals surface area (Å²) < 4.78 is 33.4. The van der Waals surface area contributed by atoms with Crippen molar-refractivity contribution in [1.29, 1.82) is 0 Å². The van der Waals surface area contributed by atoms with E-state index in [4.69, 9.17) is 4.74 Å². The second kappa shape index (κ2) is 9.18. The fraction of sp³-hybridized carbons (Fsp3) is 0.647. The number of sulfonamides is 1. The number of carbonyl (C=O) groups excluding carboxylic acids is 2. The molecule has 0 unspecified atom stereocenters. The minimum absolute atomic E-state index is 0.00448. The third kappa shape index (κ3) is 5.57. The van der Waals surface area contributed by atoms with Gasteiger partial charge in [0.05, 0.1) is 6.61 Å². The standard InChI is InChI=1S/C17H27N3O5S/c1-3-25-17(22)15-11-14(12-20(15)2)26(23,24)18-10-9-16(21)19-13-7-5-4-6-8-13/h11-13,18H,3-10H2,1-2H3,(H,19,21). The predicted octanol–water partition coefficient (Wildman–Crippen LogP) is 1.32. The largest absolute Gasteiger partial charge is 0.461 e. The number of nitrogens with one attached hydrogen (secondary N) is 2. The van der Waals surface area contributed by atoms with Gasteiger partial charge in [-0.1, -0.05) is 19.3 Å². The van der Waals surface area contributed by atoms with Gasteiger partial charge in [-0.3, -0.25) is 4.79 Å². The molecule has 1 aromatic rings. The lowest BCUT2D eigenvalue weighted by Crippen LogP contribution is -2.38. The molecule has 0 radical (unpaired) electrons. The first kappa shape index (κ1) is 20.4. The number of nitrogens with zero attached hydrogens (tertiary/aromatic N) is 1. The molecule has 0 aliphatic heterocycles. The fourth-order valence-corrected chi connectivity index (χ4v) is 4.12. The molecule has 2 N–H and O–H groups in total. The number of carbonyl (C=O) groups is 2. The van der Waals surface area contributed by atoms with Crippen LogP contribution in [0.5, 0.6) is 0 Å². The Balaban J connectivity index is 1.87. The summed E-state index contributed by atoms with van der Waals surface area (Å²) in [6.45, 7) is 1.89. The molecule has 1 aliphatic carbocycles. The van der Waals surface area contributed by atoms with Crippen LogP contribution in [0.15, 0.2) is 17.2 Å². The van der Waals surface area contributed by atoms with Crippen LogP contribution in [0.4, 0.5) is 0 Å². The van der Waals surface area contributed by atoms with Crippen LogP contribution in [0.2, 0.25) is 0 Å². The summed E-state index contributed by atoms with van der Waals surface area (Å²) in [5.41, 5.74) is 0.155. The Kier molecular flexibility index (Phi) is 7.22. The molecule has 1 fully saturated rings. The molecule has 0 saturated heterocycles. The lowest BCUT2D eigenvalue weighted by Gasteiger charge is -2.22. The number of amides is 1. The smallest absolute Gasteiger partial charge is 0.354 e. The molecule has 0 spiro atoms. The topological polar surface area (TPSA) is 106 Å². The number of esters is 1. The van der Waals surface area contributed by atoms with E-state index < -0.39 is 16.0 Å². The Morgan fingerprint density at radius 2 is 1.96 bits per heavy atom. The van der Waals surface area contributed by atoms with E-state index in [9.17, 15) is 18.0 Å². The van der Waals surface area contributed by atoms with E-state index in [-0.39, 0.29) is 42.1 Å². The summed E-state index contributed by atoms with van der Waals surface area (Å²) in [5.74, 6) is -0.733. The van der Waals surface area contributed by atoms with Crippen LogP contribution in [0, 0.1) is 0 Å². The first-order valence-electron chi connectivity index (χ1n) is 8.96. The fourth-order valence-electron chi connectivity index (χ4n) is 3.02. The quantitative estimate of drug-likeness (QED) is 0.657. The molecule has 1 amide bonds. The Labute approximate surface area is 154 Å².